The highest BCUT2D eigenvalue weighted by Crippen LogP contribution is 2.53. The Morgan fingerprint density at radius 2 is 1.19 bits per heavy atom. The maximum Gasteiger partial charge on any atom is 0.164 e. The van der Waals surface area contributed by atoms with Crippen molar-refractivity contribution in [2.75, 3.05) is 0 Å². The fourth-order valence-electron chi connectivity index (χ4n) is 8.75. The van der Waals surface area contributed by atoms with E-state index in [2.05, 4.69) is 170 Å². The Bertz CT molecular complexity index is 3040. The van der Waals surface area contributed by atoms with Crippen LogP contribution in [0.4, 0.5) is 0 Å². The van der Waals surface area contributed by atoms with Crippen molar-refractivity contribution in [3.8, 4) is 39.5 Å². The Balaban J connectivity index is 0.00000172. The summed E-state index contributed by atoms with van der Waals surface area (Å²) in [6.07, 6.45) is 0. The summed E-state index contributed by atoms with van der Waals surface area (Å²) in [4.78, 5) is 10.8. The van der Waals surface area contributed by atoms with Gasteiger partial charge in [0.15, 0.2) is 11.4 Å². The fraction of sp³-hybridized carbons (Fsp3) is 0.102. The highest BCUT2D eigenvalue weighted by Gasteiger charge is 2.38. The summed E-state index contributed by atoms with van der Waals surface area (Å²) in [5.41, 5.74) is 13.7. The van der Waals surface area contributed by atoms with Crippen LogP contribution >= 0.6 is 0 Å². The highest BCUT2D eigenvalue weighted by molar-refractivity contribution is 6.22. The van der Waals surface area contributed by atoms with E-state index in [4.69, 9.17) is 14.4 Å². The van der Waals surface area contributed by atoms with Gasteiger partial charge in [-0.05, 0) is 58.7 Å². The Kier molecular flexibility index (Phi) is 6.93. The molecule has 0 saturated heterocycles. The number of nitrogens with zero attached hydrogens (tertiary/aromatic N) is 3. The van der Waals surface area contributed by atoms with E-state index in [1.165, 1.54) is 27.6 Å². The molecule has 0 amide bonds. The molecular weight excluding hydrogens is 647 g/mol. The third-order valence-corrected chi connectivity index (χ3v) is 11.0. The summed E-state index contributed by atoms with van der Waals surface area (Å²) >= 11 is 0. The second-order valence-corrected chi connectivity index (χ2v) is 14.1. The minimum absolute atomic E-state index is 0.207. The molecule has 7 aromatic carbocycles. The van der Waals surface area contributed by atoms with Crippen LogP contribution in [0.2, 0.25) is 0 Å². The van der Waals surface area contributed by atoms with Gasteiger partial charge in [-0.15, -0.1) is 0 Å². The molecule has 0 atom stereocenters. The molecule has 10 aromatic rings. The van der Waals surface area contributed by atoms with Gasteiger partial charge in [-0.3, -0.25) is 0 Å². The number of benzene rings is 7. The molecule has 53 heavy (non-hydrogen) atoms. The van der Waals surface area contributed by atoms with E-state index < -0.39 is 0 Å². The number of para-hydroxylation sites is 3. The predicted octanol–water partition coefficient (Wildman–Crippen LogP) is 13.3. The highest BCUT2D eigenvalue weighted by atomic mass is 16.3. The van der Waals surface area contributed by atoms with Crippen molar-refractivity contribution in [1.29, 1.82) is 0 Å². The molecule has 0 N–H and O–H groups in total. The lowest BCUT2D eigenvalue weighted by molar-refractivity contribution is 0.666. The molecule has 254 valence electrons. The van der Waals surface area contributed by atoms with Gasteiger partial charge in [0.25, 0.3) is 0 Å². The van der Waals surface area contributed by atoms with Crippen LogP contribution in [-0.4, -0.2) is 14.5 Å². The number of hydrogen-bond donors (Lipinski definition) is 0. The zero-order chi connectivity index (χ0) is 35.8. The number of aromatic nitrogens is 3. The van der Waals surface area contributed by atoms with E-state index in [1.807, 2.05) is 13.8 Å². The molecule has 0 unspecified atom stereocenters. The van der Waals surface area contributed by atoms with Crippen LogP contribution in [0.1, 0.15) is 38.8 Å². The first-order valence-corrected chi connectivity index (χ1v) is 18.5. The Hall–Kier alpha value is -6.52. The second-order valence-electron chi connectivity index (χ2n) is 14.1. The number of fused-ring (bicyclic) bond motifs is 12. The average molecular weight is 684 g/mol. The van der Waals surface area contributed by atoms with Crippen molar-refractivity contribution >= 4 is 54.6 Å². The zero-order valence-electron chi connectivity index (χ0n) is 30.2. The van der Waals surface area contributed by atoms with Gasteiger partial charge in [0, 0.05) is 43.6 Å². The van der Waals surface area contributed by atoms with Crippen LogP contribution in [0, 0.1) is 0 Å². The number of furan rings is 1. The summed E-state index contributed by atoms with van der Waals surface area (Å²) in [5, 5.41) is 5.58. The molecule has 0 saturated carbocycles. The molecule has 0 aliphatic heterocycles. The molecule has 3 heterocycles. The van der Waals surface area contributed by atoms with E-state index >= 15 is 0 Å². The molecule has 11 rings (SSSR count). The lowest BCUT2D eigenvalue weighted by Gasteiger charge is -2.24. The van der Waals surface area contributed by atoms with E-state index in [9.17, 15) is 0 Å². The molecule has 0 radical (unpaired) electrons. The standard InChI is InChI=1S/C47H31N3O.C2H6/c1-47(2)37-22-11-9-18-30(37)32-26-27-38-40(41(32)47)42(28-14-5-3-6-15-28)49-46(48-38)36-21-13-20-34-35-25-24-33-31-19-10-12-23-39(31)50(29-16-7-4-8-17-29)43(33)45(35)51-44(34)36;1-2/h3-27H,1-2H3;1-2H3. The van der Waals surface area contributed by atoms with Gasteiger partial charge in [0.05, 0.1) is 27.8 Å². The summed E-state index contributed by atoms with van der Waals surface area (Å²) in [7, 11) is 0. The van der Waals surface area contributed by atoms with Crippen molar-refractivity contribution in [3.63, 3.8) is 0 Å². The molecule has 0 spiro atoms. The molecule has 4 heteroatoms. The number of hydrogen-bond acceptors (Lipinski definition) is 3. The quantitative estimate of drug-likeness (QED) is 0.186. The Labute approximate surface area is 308 Å². The van der Waals surface area contributed by atoms with E-state index in [1.54, 1.807) is 0 Å². The predicted molar refractivity (Wildman–Crippen MR) is 221 cm³/mol. The number of rotatable bonds is 3. The third-order valence-electron chi connectivity index (χ3n) is 11.0. The zero-order valence-corrected chi connectivity index (χ0v) is 30.2. The maximum atomic E-state index is 7.05. The van der Waals surface area contributed by atoms with Crippen LogP contribution in [0.3, 0.4) is 0 Å². The van der Waals surface area contributed by atoms with Crippen molar-refractivity contribution in [2.45, 2.75) is 33.1 Å². The molecular formula is C49H37N3O. The lowest BCUT2D eigenvalue weighted by atomic mass is 9.80. The smallest absolute Gasteiger partial charge is 0.164 e. The van der Waals surface area contributed by atoms with Crippen LogP contribution < -0.4 is 0 Å². The molecule has 0 fully saturated rings. The normalized spacial score (nSPS) is 13.1. The SMILES string of the molecule is CC.CC1(C)c2ccccc2-c2ccc3nc(-c4cccc5c4oc4c5ccc5c6ccccc6n(-c6ccccc6)c54)nc(-c4ccccc4)c3c21. The van der Waals surface area contributed by atoms with E-state index in [0.29, 0.717) is 5.82 Å². The van der Waals surface area contributed by atoms with Gasteiger partial charge in [0.2, 0.25) is 0 Å². The van der Waals surface area contributed by atoms with Gasteiger partial charge in [-0.1, -0.05) is 143 Å². The Morgan fingerprint density at radius 3 is 2.02 bits per heavy atom. The van der Waals surface area contributed by atoms with E-state index in [-0.39, 0.29) is 5.41 Å². The van der Waals surface area contributed by atoms with Gasteiger partial charge in [0.1, 0.15) is 5.58 Å². The fourth-order valence-corrected chi connectivity index (χ4v) is 8.75. The van der Waals surface area contributed by atoms with Crippen LogP contribution in [0.5, 0.6) is 0 Å². The van der Waals surface area contributed by atoms with Crippen LogP contribution in [0.25, 0.3) is 94.1 Å². The third kappa shape index (κ3) is 4.42. The van der Waals surface area contributed by atoms with Crippen LogP contribution in [0.15, 0.2) is 156 Å². The summed E-state index contributed by atoms with van der Waals surface area (Å²) in [6, 6.07) is 53.6. The van der Waals surface area contributed by atoms with Gasteiger partial charge >= 0.3 is 0 Å². The topological polar surface area (TPSA) is 43.9 Å². The van der Waals surface area contributed by atoms with Crippen molar-refractivity contribution in [1.82, 2.24) is 14.5 Å². The van der Waals surface area contributed by atoms with Crippen molar-refractivity contribution in [2.24, 2.45) is 0 Å². The molecule has 4 nitrogen and oxygen atoms in total. The first kappa shape index (κ1) is 31.2. The first-order valence-electron chi connectivity index (χ1n) is 18.5. The van der Waals surface area contributed by atoms with Crippen molar-refractivity contribution in [3.05, 3.63) is 163 Å². The molecule has 0 bridgehead atoms. The van der Waals surface area contributed by atoms with Gasteiger partial charge < -0.3 is 8.98 Å². The molecule has 1 aliphatic rings. The maximum absolute atomic E-state index is 7.05. The van der Waals surface area contributed by atoms with Gasteiger partial charge in [-0.25, -0.2) is 9.97 Å². The largest absolute Gasteiger partial charge is 0.453 e. The second kappa shape index (κ2) is 11.8. The molecule has 1 aliphatic carbocycles. The molecule has 3 aromatic heterocycles. The van der Waals surface area contributed by atoms with Gasteiger partial charge in [-0.2, -0.15) is 0 Å². The summed E-state index contributed by atoms with van der Waals surface area (Å²) in [6.45, 7) is 8.65. The van der Waals surface area contributed by atoms with Crippen LogP contribution in [-0.2, 0) is 5.41 Å². The average Bonchev–Trinajstić information content (AvgIpc) is 3.85. The Morgan fingerprint density at radius 1 is 0.528 bits per heavy atom. The summed E-state index contributed by atoms with van der Waals surface area (Å²) in [5.74, 6) is 0.652. The minimum Gasteiger partial charge on any atom is -0.453 e. The van der Waals surface area contributed by atoms with Crippen molar-refractivity contribution < 1.29 is 4.42 Å². The first-order chi connectivity index (χ1) is 26.1. The monoisotopic (exact) mass is 683 g/mol. The van der Waals surface area contributed by atoms with E-state index in [0.717, 1.165) is 71.8 Å². The summed E-state index contributed by atoms with van der Waals surface area (Å²) < 4.78 is 9.38. The minimum atomic E-state index is -0.207. The lowest BCUT2D eigenvalue weighted by Crippen LogP contribution is -2.16.